The predicted molar refractivity (Wildman–Crippen MR) is 75.9 cm³/mol. The number of benzene rings is 1. The maximum Gasteiger partial charge on any atom is 0.309 e. The van der Waals surface area contributed by atoms with Gasteiger partial charge >= 0.3 is 5.97 Å². The number of sulfone groups is 1. The molecule has 1 aromatic rings. The molecule has 0 N–H and O–H groups in total. The van der Waals surface area contributed by atoms with Crippen LogP contribution in [0.15, 0.2) is 29.2 Å². The second kappa shape index (κ2) is 6.39. The Morgan fingerprint density at radius 1 is 1.25 bits per heavy atom. The van der Waals surface area contributed by atoms with E-state index in [0.717, 1.165) is 37.7 Å². The standard InChI is InChI=1S/C15H20O4S/c1-12-6-5-9-14(10-12)20(17,18)11-19-15(16)13-7-3-2-4-8-13/h5-6,9-10,13H,2-4,7-8,11H2,1H3. The topological polar surface area (TPSA) is 60.4 Å². The lowest BCUT2D eigenvalue weighted by molar-refractivity contribution is -0.147. The van der Waals surface area contributed by atoms with E-state index in [9.17, 15) is 13.2 Å². The molecule has 0 amide bonds. The molecule has 2 rings (SSSR count). The number of rotatable bonds is 4. The Hall–Kier alpha value is -1.36. The summed E-state index contributed by atoms with van der Waals surface area (Å²) < 4.78 is 29.2. The van der Waals surface area contributed by atoms with E-state index in [1.807, 2.05) is 13.0 Å². The Morgan fingerprint density at radius 3 is 2.60 bits per heavy atom. The van der Waals surface area contributed by atoms with Gasteiger partial charge in [-0.25, -0.2) is 8.42 Å². The van der Waals surface area contributed by atoms with Crippen molar-refractivity contribution in [2.24, 2.45) is 5.92 Å². The van der Waals surface area contributed by atoms with Gasteiger partial charge in [0.2, 0.25) is 9.84 Å². The third-order valence-electron chi connectivity index (χ3n) is 3.64. The molecular formula is C15H20O4S. The summed E-state index contributed by atoms with van der Waals surface area (Å²) in [6, 6.07) is 6.62. The summed E-state index contributed by atoms with van der Waals surface area (Å²) in [5.41, 5.74) is 0.865. The molecule has 1 fully saturated rings. The number of hydrogen-bond acceptors (Lipinski definition) is 4. The monoisotopic (exact) mass is 296 g/mol. The molecule has 20 heavy (non-hydrogen) atoms. The molecule has 1 aliphatic rings. The van der Waals surface area contributed by atoms with Crippen molar-refractivity contribution in [3.63, 3.8) is 0 Å². The van der Waals surface area contributed by atoms with Crippen LogP contribution in [0.1, 0.15) is 37.7 Å². The van der Waals surface area contributed by atoms with Crippen molar-refractivity contribution in [2.45, 2.75) is 43.9 Å². The van der Waals surface area contributed by atoms with E-state index in [1.165, 1.54) is 6.07 Å². The summed E-state index contributed by atoms with van der Waals surface area (Å²) >= 11 is 0. The van der Waals surface area contributed by atoms with Gasteiger partial charge in [0.25, 0.3) is 0 Å². The summed E-state index contributed by atoms with van der Waals surface area (Å²) in [4.78, 5) is 12.1. The highest BCUT2D eigenvalue weighted by molar-refractivity contribution is 7.91. The predicted octanol–water partition coefficient (Wildman–Crippen LogP) is 2.85. The van der Waals surface area contributed by atoms with Crippen LogP contribution in [0.2, 0.25) is 0 Å². The molecular weight excluding hydrogens is 276 g/mol. The van der Waals surface area contributed by atoms with Gasteiger partial charge in [-0.05, 0) is 37.5 Å². The van der Waals surface area contributed by atoms with Gasteiger partial charge in [-0.15, -0.1) is 0 Å². The molecule has 0 radical (unpaired) electrons. The average Bonchev–Trinajstić information content (AvgIpc) is 2.46. The van der Waals surface area contributed by atoms with Crippen molar-refractivity contribution in [1.82, 2.24) is 0 Å². The van der Waals surface area contributed by atoms with Crippen molar-refractivity contribution < 1.29 is 17.9 Å². The molecule has 0 saturated heterocycles. The zero-order chi connectivity index (χ0) is 14.6. The molecule has 0 unspecified atom stereocenters. The van der Waals surface area contributed by atoms with Crippen molar-refractivity contribution >= 4 is 15.8 Å². The summed E-state index contributed by atoms with van der Waals surface area (Å²) in [5, 5.41) is 0. The zero-order valence-corrected chi connectivity index (χ0v) is 12.5. The SMILES string of the molecule is Cc1cccc(S(=O)(=O)COC(=O)C2CCCCC2)c1. The Balaban J connectivity index is 1.97. The van der Waals surface area contributed by atoms with Crippen molar-refractivity contribution in [2.75, 3.05) is 5.94 Å². The average molecular weight is 296 g/mol. The lowest BCUT2D eigenvalue weighted by Crippen LogP contribution is -2.23. The smallest absolute Gasteiger partial charge is 0.309 e. The highest BCUT2D eigenvalue weighted by Crippen LogP contribution is 2.25. The first-order valence-corrected chi connectivity index (χ1v) is 8.60. The van der Waals surface area contributed by atoms with Gasteiger partial charge in [-0.2, -0.15) is 0 Å². The molecule has 0 spiro atoms. The fourth-order valence-electron chi connectivity index (χ4n) is 2.47. The third kappa shape index (κ3) is 3.82. The highest BCUT2D eigenvalue weighted by atomic mass is 32.2. The largest absolute Gasteiger partial charge is 0.449 e. The Kier molecular flexibility index (Phi) is 4.81. The van der Waals surface area contributed by atoms with Gasteiger partial charge < -0.3 is 4.74 Å². The van der Waals surface area contributed by atoms with E-state index in [2.05, 4.69) is 0 Å². The number of carbonyl (C=O) groups excluding carboxylic acids is 1. The van der Waals surface area contributed by atoms with Crippen LogP contribution in [0.4, 0.5) is 0 Å². The molecule has 0 bridgehead atoms. The van der Waals surface area contributed by atoms with E-state index >= 15 is 0 Å². The quantitative estimate of drug-likeness (QED) is 0.802. The van der Waals surface area contributed by atoms with Crippen LogP contribution in [0.5, 0.6) is 0 Å². The van der Waals surface area contributed by atoms with E-state index < -0.39 is 15.8 Å². The molecule has 0 atom stereocenters. The molecule has 0 aliphatic heterocycles. The van der Waals surface area contributed by atoms with Crippen LogP contribution < -0.4 is 0 Å². The first-order chi connectivity index (χ1) is 9.49. The summed E-state index contributed by atoms with van der Waals surface area (Å²) in [5.74, 6) is -1.07. The Morgan fingerprint density at radius 2 is 1.95 bits per heavy atom. The summed E-state index contributed by atoms with van der Waals surface area (Å²) in [7, 11) is -3.56. The molecule has 4 nitrogen and oxygen atoms in total. The Labute approximate surface area is 120 Å². The van der Waals surface area contributed by atoms with Crippen LogP contribution in [0.25, 0.3) is 0 Å². The number of ether oxygens (including phenoxy) is 1. The molecule has 0 aromatic heterocycles. The highest BCUT2D eigenvalue weighted by Gasteiger charge is 2.25. The van der Waals surface area contributed by atoms with Crippen LogP contribution in [0.3, 0.4) is 0 Å². The number of hydrogen-bond donors (Lipinski definition) is 0. The number of carbonyl (C=O) groups is 1. The van der Waals surface area contributed by atoms with Crippen molar-refractivity contribution in [1.29, 1.82) is 0 Å². The van der Waals surface area contributed by atoms with Crippen LogP contribution in [-0.2, 0) is 19.4 Å². The minimum atomic E-state index is -3.56. The second-order valence-electron chi connectivity index (χ2n) is 5.35. The molecule has 1 aliphatic carbocycles. The second-order valence-corrected chi connectivity index (χ2v) is 7.28. The van der Waals surface area contributed by atoms with Crippen LogP contribution in [-0.4, -0.2) is 20.3 Å². The molecule has 110 valence electrons. The summed E-state index contributed by atoms with van der Waals surface area (Å²) in [6.07, 6.45) is 4.80. The normalized spacial score (nSPS) is 16.9. The first kappa shape index (κ1) is 15.0. The van der Waals surface area contributed by atoms with Crippen LogP contribution >= 0.6 is 0 Å². The van der Waals surface area contributed by atoms with Gasteiger partial charge in [-0.1, -0.05) is 31.4 Å². The summed E-state index contributed by atoms with van der Waals surface area (Å²) in [6.45, 7) is 1.83. The van der Waals surface area contributed by atoms with Gasteiger partial charge in [0.05, 0.1) is 10.8 Å². The minimum absolute atomic E-state index is 0.128. The zero-order valence-electron chi connectivity index (χ0n) is 11.7. The third-order valence-corrected chi connectivity index (χ3v) is 5.04. The van der Waals surface area contributed by atoms with E-state index in [4.69, 9.17) is 4.74 Å². The first-order valence-electron chi connectivity index (χ1n) is 6.95. The maximum absolute atomic E-state index is 12.1. The van der Waals surface area contributed by atoms with E-state index in [1.54, 1.807) is 12.1 Å². The fraction of sp³-hybridized carbons (Fsp3) is 0.533. The Bertz CT molecular complexity index is 571. The molecule has 1 saturated carbocycles. The fourth-order valence-corrected chi connectivity index (χ4v) is 3.53. The molecule has 5 heteroatoms. The molecule has 0 heterocycles. The van der Waals surface area contributed by atoms with Gasteiger partial charge in [0, 0.05) is 0 Å². The van der Waals surface area contributed by atoms with Gasteiger partial charge in [0.1, 0.15) is 0 Å². The van der Waals surface area contributed by atoms with Crippen molar-refractivity contribution in [3.8, 4) is 0 Å². The number of aryl methyl sites for hydroxylation is 1. The minimum Gasteiger partial charge on any atom is -0.449 e. The van der Waals surface area contributed by atoms with Gasteiger partial charge in [0.15, 0.2) is 5.94 Å². The van der Waals surface area contributed by atoms with E-state index in [-0.39, 0.29) is 16.8 Å². The lowest BCUT2D eigenvalue weighted by atomic mass is 9.89. The maximum atomic E-state index is 12.1. The van der Waals surface area contributed by atoms with Gasteiger partial charge in [-0.3, -0.25) is 4.79 Å². The van der Waals surface area contributed by atoms with Crippen LogP contribution in [0, 0.1) is 12.8 Å². The lowest BCUT2D eigenvalue weighted by Gasteiger charge is -2.19. The van der Waals surface area contributed by atoms with Crippen molar-refractivity contribution in [3.05, 3.63) is 29.8 Å². The number of esters is 1. The molecule has 1 aromatic carbocycles. The van der Waals surface area contributed by atoms with E-state index in [0.29, 0.717) is 0 Å².